The molecule has 1 aromatic heterocycles. The van der Waals surface area contributed by atoms with E-state index in [2.05, 4.69) is 4.90 Å². The first-order chi connectivity index (χ1) is 14.3. The molecule has 0 bridgehead atoms. The van der Waals surface area contributed by atoms with E-state index in [1.54, 1.807) is 0 Å². The van der Waals surface area contributed by atoms with Gasteiger partial charge in [0.25, 0.3) is 0 Å². The van der Waals surface area contributed by atoms with Crippen molar-refractivity contribution in [1.82, 2.24) is 9.47 Å². The average molecular weight is 436 g/mol. The van der Waals surface area contributed by atoms with Gasteiger partial charge in [0, 0.05) is 38.8 Å². The number of hydrogen-bond acceptors (Lipinski definition) is 4. The Morgan fingerprint density at radius 2 is 1.97 bits per heavy atom. The van der Waals surface area contributed by atoms with Gasteiger partial charge in [0.05, 0.1) is 27.7 Å². The first-order valence-electron chi connectivity index (χ1n) is 9.83. The largest absolute Gasteiger partial charge is 0.477 e. The van der Waals surface area contributed by atoms with Crippen LogP contribution in [0, 0.1) is 5.82 Å². The number of carboxylic acids is 1. The van der Waals surface area contributed by atoms with Gasteiger partial charge >= 0.3 is 5.97 Å². The Labute approximate surface area is 175 Å². The number of carbonyl (C=O) groups is 1. The van der Waals surface area contributed by atoms with E-state index in [9.17, 15) is 19.1 Å². The number of anilines is 1. The van der Waals surface area contributed by atoms with Crippen LogP contribution in [0.25, 0.3) is 10.9 Å². The molecule has 1 saturated carbocycles. The van der Waals surface area contributed by atoms with Gasteiger partial charge in [-0.05, 0) is 30.7 Å². The molecule has 0 unspecified atom stereocenters. The standard InChI is InChI=1S/C21H20ClF2N3O3/c1-25-3-2-10-7-26(8-11(10)6-25)19-15(24)4-12-18(17(19)22)27(16-5-14(16)23)9-13(20(12)28)21(29)30/h4,9,14,16H,2-3,5-8H2,1H3,(H,29,30)/t14-,16+/m0/s1. The zero-order chi connectivity index (χ0) is 21.3. The minimum absolute atomic E-state index is 0.0198. The van der Waals surface area contributed by atoms with Crippen molar-refractivity contribution >= 4 is 34.2 Å². The van der Waals surface area contributed by atoms with Crippen molar-refractivity contribution < 1.29 is 18.7 Å². The third-order valence-corrected chi connectivity index (χ3v) is 6.65. The average Bonchev–Trinajstić information content (AvgIpc) is 3.26. The van der Waals surface area contributed by atoms with Crippen molar-refractivity contribution in [1.29, 1.82) is 0 Å². The Kier molecular flexibility index (Phi) is 4.41. The molecule has 3 aliphatic rings. The lowest BCUT2D eigenvalue weighted by Gasteiger charge is -2.24. The van der Waals surface area contributed by atoms with Crippen LogP contribution in [0.2, 0.25) is 5.02 Å². The summed E-state index contributed by atoms with van der Waals surface area (Å²) in [5, 5.41) is 9.25. The maximum Gasteiger partial charge on any atom is 0.341 e. The van der Waals surface area contributed by atoms with Crippen LogP contribution in [0.1, 0.15) is 29.2 Å². The number of pyridine rings is 1. The van der Waals surface area contributed by atoms with Crippen LogP contribution in [-0.2, 0) is 0 Å². The molecule has 2 aliphatic heterocycles. The van der Waals surface area contributed by atoms with E-state index in [1.165, 1.54) is 15.7 Å². The number of halogens is 3. The fourth-order valence-electron chi connectivity index (χ4n) is 4.62. The fraction of sp³-hybridized carbons (Fsp3) is 0.429. The van der Waals surface area contributed by atoms with Crippen LogP contribution < -0.4 is 10.3 Å². The molecule has 3 heterocycles. The van der Waals surface area contributed by atoms with E-state index in [0.29, 0.717) is 13.1 Å². The molecule has 0 saturated heterocycles. The summed E-state index contributed by atoms with van der Waals surface area (Å²) in [6.45, 7) is 2.85. The van der Waals surface area contributed by atoms with Gasteiger partial charge in [-0.1, -0.05) is 11.6 Å². The molecule has 0 spiro atoms. The lowest BCUT2D eigenvalue weighted by Crippen LogP contribution is -2.28. The molecule has 1 fully saturated rings. The van der Waals surface area contributed by atoms with Crippen molar-refractivity contribution in [3.63, 3.8) is 0 Å². The smallest absolute Gasteiger partial charge is 0.341 e. The summed E-state index contributed by atoms with van der Waals surface area (Å²) < 4.78 is 30.5. The van der Waals surface area contributed by atoms with Gasteiger partial charge in [-0.3, -0.25) is 4.79 Å². The van der Waals surface area contributed by atoms with Crippen molar-refractivity contribution in [2.75, 3.05) is 38.1 Å². The van der Waals surface area contributed by atoms with Crippen molar-refractivity contribution in [3.05, 3.63) is 50.0 Å². The summed E-state index contributed by atoms with van der Waals surface area (Å²) in [7, 11) is 2.04. The molecule has 0 radical (unpaired) electrons. The summed E-state index contributed by atoms with van der Waals surface area (Å²) in [4.78, 5) is 28.2. The van der Waals surface area contributed by atoms with Crippen LogP contribution in [0.3, 0.4) is 0 Å². The lowest BCUT2D eigenvalue weighted by atomic mass is 10.0. The number of hydrogen-bond donors (Lipinski definition) is 1. The van der Waals surface area contributed by atoms with Crippen LogP contribution in [0.5, 0.6) is 0 Å². The number of aromatic carboxylic acids is 1. The first kappa shape index (κ1) is 19.5. The number of carboxylic acid groups (broad SMARTS) is 1. The van der Waals surface area contributed by atoms with E-state index >= 15 is 4.39 Å². The van der Waals surface area contributed by atoms with Crippen LogP contribution in [0.15, 0.2) is 28.2 Å². The zero-order valence-electron chi connectivity index (χ0n) is 16.3. The van der Waals surface area contributed by atoms with Gasteiger partial charge in [-0.15, -0.1) is 0 Å². The number of likely N-dealkylation sites (N-methyl/N-ethyl adjacent to an activating group) is 1. The summed E-state index contributed by atoms with van der Waals surface area (Å²) in [5.74, 6) is -2.12. The summed E-state index contributed by atoms with van der Waals surface area (Å²) >= 11 is 6.64. The molecule has 1 N–H and O–H groups in total. The Hall–Kier alpha value is -2.45. The third-order valence-electron chi connectivity index (χ3n) is 6.29. The van der Waals surface area contributed by atoms with E-state index in [-0.39, 0.29) is 28.0 Å². The lowest BCUT2D eigenvalue weighted by molar-refractivity contribution is 0.0694. The predicted octanol–water partition coefficient (Wildman–Crippen LogP) is 3.23. The molecule has 158 valence electrons. The van der Waals surface area contributed by atoms with Gasteiger partial charge < -0.3 is 19.5 Å². The molecule has 2 aromatic rings. The van der Waals surface area contributed by atoms with E-state index in [4.69, 9.17) is 11.6 Å². The van der Waals surface area contributed by atoms with E-state index in [1.807, 2.05) is 11.9 Å². The van der Waals surface area contributed by atoms with Gasteiger partial charge in [0.2, 0.25) is 5.43 Å². The zero-order valence-corrected chi connectivity index (χ0v) is 17.0. The summed E-state index contributed by atoms with van der Waals surface area (Å²) in [6, 6.07) is 0.432. The molecular weight excluding hydrogens is 416 g/mol. The highest BCUT2D eigenvalue weighted by Crippen LogP contribution is 2.45. The van der Waals surface area contributed by atoms with Crippen molar-refractivity contribution in [2.24, 2.45) is 0 Å². The number of fused-ring (bicyclic) bond motifs is 1. The summed E-state index contributed by atoms with van der Waals surface area (Å²) in [6.07, 6.45) is 1.09. The van der Waals surface area contributed by atoms with E-state index in [0.717, 1.165) is 31.8 Å². The monoisotopic (exact) mass is 435 g/mol. The Bertz CT molecular complexity index is 1190. The molecule has 9 heteroatoms. The molecule has 30 heavy (non-hydrogen) atoms. The van der Waals surface area contributed by atoms with Gasteiger partial charge in [-0.2, -0.15) is 0 Å². The molecule has 1 aliphatic carbocycles. The highest BCUT2D eigenvalue weighted by atomic mass is 35.5. The second-order valence-electron chi connectivity index (χ2n) is 8.37. The van der Waals surface area contributed by atoms with Gasteiger partial charge in [-0.25, -0.2) is 13.6 Å². The molecule has 6 nitrogen and oxygen atoms in total. The fourth-order valence-corrected chi connectivity index (χ4v) is 5.03. The van der Waals surface area contributed by atoms with E-state index < -0.39 is 35.0 Å². The Balaban J connectivity index is 1.68. The Morgan fingerprint density at radius 1 is 1.27 bits per heavy atom. The number of rotatable bonds is 3. The maximum absolute atomic E-state index is 15.2. The normalized spacial score (nSPS) is 23.9. The molecule has 0 amide bonds. The highest BCUT2D eigenvalue weighted by molar-refractivity contribution is 6.38. The summed E-state index contributed by atoms with van der Waals surface area (Å²) in [5.41, 5.74) is 1.53. The topological polar surface area (TPSA) is 65.8 Å². The molecule has 1 aromatic carbocycles. The second-order valence-corrected chi connectivity index (χ2v) is 8.75. The molecule has 5 rings (SSSR count). The van der Waals surface area contributed by atoms with Crippen LogP contribution in [-0.4, -0.2) is 59.9 Å². The highest BCUT2D eigenvalue weighted by Gasteiger charge is 2.41. The SMILES string of the molecule is CN1CCC2=C(C1)CN(c1c(F)cc3c(=O)c(C(=O)O)cn([C@@H]4C[C@@H]4F)c3c1Cl)C2. The number of aromatic nitrogens is 1. The predicted molar refractivity (Wildman–Crippen MR) is 110 cm³/mol. The third kappa shape index (κ3) is 2.93. The molecule has 2 atom stereocenters. The minimum atomic E-state index is -1.44. The Morgan fingerprint density at radius 3 is 2.63 bits per heavy atom. The first-order valence-corrected chi connectivity index (χ1v) is 10.2. The van der Waals surface area contributed by atoms with Crippen molar-refractivity contribution in [2.45, 2.75) is 25.1 Å². The van der Waals surface area contributed by atoms with Crippen molar-refractivity contribution in [3.8, 4) is 0 Å². The maximum atomic E-state index is 15.2. The number of benzene rings is 1. The number of alkyl halides is 1. The van der Waals surface area contributed by atoms with Gasteiger partial charge in [0.1, 0.15) is 17.6 Å². The number of nitrogens with zero attached hydrogens (tertiary/aromatic N) is 3. The van der Waals surface area contributed by atoms with Gasteiger partial charge in [0.15, 0.2) is 0 Å². The van der Waals surface area contributed by atoms with Crippen LogP contribution in [0.4, 0.5) is 14.5 Å². The molecular formula is C21H20ClF2N3O3. The van der Waals surface area contributed by atoms with Crippen LogP contribution >= 0.6 is 11.6 Å². The minimum Gasteiger partial charge on any atom is -0.477 e. The second kappa shape index (κ2) is 6.78. The quantitative estimate of drug-likeness (QED) is 0.750.